The molecule has 0 bridgehead atoms. The second-order valence-electron chi connectivity index (χ2n) is 6.13. The minimum Gasteiger partial charge on any atom is -0.336 e. The molecule has 136 valence electrons. The highest BCUT2D eigenvalue weighted by Gasteiger charge is 2.23. The summed E-state index contributed by atoms with van der Waals surface area (Å²) in [5.74, 6) is -0.558. The Morgan fingerprint density at radius 2 is 1.73 bits per heavy atom. The van der Waals surface area contributed by atoms with Gasteiger partial charge in [0, 0.05) is 42.5 Å². The third kappa shape index (κ3) is 4.80. The van der Waals surface area contributed by atoms with Gasteiger partial charge in [-0.2, -0.15) is 0 Å². The van der Waals surface area contributed by atoms with Crippen molar-refractivity contribution in [2.45, 2.75) is 0 Å². The van der Waals surface area contributed by atoms with E-state index in [1.165, 1.54) is 24.3 Å². The highest BCUT2D eigenvalue weighted by Crippen LogP contribution is 2.14. The molecule has 7 heteroatoms. The standard InChI is InChI=1S/C19H19ClFN3O2/c20-15-3-1-2-14(12-15)19(26)24-10-8-23(9-11-24)13-18(25)22-17-6-4-16(21)5-7-17/h1-7,12H,8-11,13H2,(H,22,25). The van der Waals surface area contributed by atoms with Crippen LogP contribution in [0, 0.1) is 5.82 Å². The Labute approximate surface area is 156 Å². The first-order valence-electron chi connectivity index (χ1n) is 8.34. The molecule has 0 aliphatic carbocycles. The lowest BCUT2D eigenvalue weighted by Crippen LogP contribution is -2.50. The molecule has 0 unspecified atom stereocenters. The summed E-state index contributed by atoms with van der Waals surface area (Å²) in [5, 5.41) is 3.27. The largest absolute Gasteiger partial charge is 0.336 e. The maximum absolute atomic E-state index is 12.9. The molecule has 0 aromatic heterocycles. The van der Waals surface area contributed by atoms with Gasteiger partial charge in [-0.15, -0.1) is 0 Å². The number of carbonyl (C=O) groups is 2. The Balaban J connectivity index is 1.48. The number of piperazine rings is 1. The van der Waals surface area contributed by atoms with Crippen molar-refractivity contribution >= 4 is 29.1 Å². The zero-order chi connectivity index (χ0) is 18.5. The van der Waals surface area contributed by atoms with Gasteiger partial charge in [0.1, 0.15) is 5.82 Å². The SMILES string of the molecule is O=C(CN1CCN(C(=O)c2cccc(Cl)c2)CC1)Nc1ccc(F)cc1. The van der Waals surface area contributed by atoms with Gasteiger partial charge in [0.2, 0.25) is 5.91 Å². The molecule has 2 amide bonds. The van der Waals surface area contributed by atoms with E-state index in [0.29, 0.717) is 42.5 Å². The minimum absolute atomic E-state index is 0.0529. The molecule has 2 aromatic rings. The van der Waals surface area contributed by atoms with Gasteiger partial charge >= 0.3 is 0 Å². The molecule has 0 spiro atoms. The third-order valence-electron chi connectivity index (χ3n) is 4.23. The Morgan fingerprint density at radius 1 is 1.04 bits per heavy atom. The number of amides is 2. The zero-order valence-corrected chi connectivity index (χ0v) is 14.9. The maximum Gasteiger partial charge on any atom is 0.253 e. The van der Waals surface area contributed by atoms with Gasteiger partial charge in [-0.25, -0.2) is 4.39 Å². The van der Waals surface area contributed by atoms with Gasteiger partial charge < -0.3 is 10.2 Å². The number of benzene rings is 2. The van der Waals surface area contributed by atoms with E-state index < -0.39 is 0 Å². The number of rotatable bonds is 4. The van der Waals surface area contributed by atoms with Crippen LogP contribution in [0.15, 0.2) is 48.5 Å². The molecule has 2 aromatic carbocycles. The van der Waals surface area contributed by atoms with Gasteiger partial charge in [-0.3, -0.25) is 14.5 Å². The van der Waals surface area contributed by atoms with E-state index in [2.05, 4.69) is 5.32 Å². The van der Waals surface area contributed by atoms with Gasteiger partial charge in [-0.1, -0.05) is 17.7 Å². The van der Waals surface area contributed by atoms with Crippen LogP contribution in [0.3, 0.4) is 0 Å². The van der Waals surface area contributed by atoms with Gasteiger partial charge in [0.15, 0.2) is 0 Å². The summed E-state index contributed by atoms with van der Waals surface area (Å²) in [6.07, 6.45) is 0. The van der Waals surface area contributed by atoms with Crippen molar-refractivity contribution in [3.05, 3.63) is 64.9 Å². The predicted molar refractivity (Wildman–Crippen MR) is 98.8 cm³/mol. The Hall–Kier alpha value is -2.44. The summed E-state index contributed by atoms with van der Waals surface area (Å²) in [7, 11) is 0. The molecule has 26 heavy (non-hydrogen) atoms. The second-order valence-corrected chi connectivity index (χ2v) is 6.57. The first-order valence-corrected chi connectivity index (χ1v) is 8.72. The quantitative estimate of drug-likeness (QED) is 0.894. The van der Waals surface area contributed by atoms with E-state index in [-0.39, 0.29) is 24.2 Å². The molecule has 0 radical (unpaired) electrons. The van der Waals surface area contributed by atoms with E-state index in [1.807, 2.05) is 4.90 Å². The lowest BCUT2D eigenvalue weighted by Gasteiger charge is -2.34. The Morgan fingerprint density at radius 3 is 2.38 bits per heavy atom. The normalized spacial score (nSPS) is 14.9. The Bertz CT molecular complexity index is 790. The van der Waals surface area contributed by atoms with Crippen molar-refractivity contribution in [2.24, 2.45) is 0 Å². The number of hydrogen-bond donors (Lipinski definition) is 1. The van der Waals surface area contributed by atoms with E-state index in [4.69, 9.17) is 11.6 Å². The van der Waals surface area contributed by atoms with Gasteiger partial charge in [0.25, 0.3) is 5.91 Å². The number of hydrogen-bond acceptors (Lipinski definition) is 3. The highest BCUT2D eigenvalue weighted by molar-refractivity contribution is 6.30. The van der Waals surface area contributed by atoms with Crippen LogP contribution < -0.4 is 5.32 Å². The van der Waals surface area contributed by atoms with E-state index >= 15 is 0 Å². The fourth-order valence-electron chi connectivity index (χ4n) is 2.85. The molecule has 3 rings (SSSR count). The molecule has 1 heterocycles. The smallest absolute Gasteiger partial charge is 0.253 e. The average molecular weight is 376 g/mol. The first-order chi connectivity index (χ1) is 12.5. The third-order valence-corrected chi connectivity index (χ3v) is 4.46. The Kier molecular flexibility index (Phi) is 5.85. The van der Waals surface area contributed by atoms with Crippen LogP contribution in [-0.2, 0) is 4.79 Å². The monoisotopic (exact) mass is 375 g/mol. The molecule has 0 atom stereocenters. The summed E-state index contributed by atoms with van der Waals surface area (Å²) in [6, 6.07) is 12.5. The number of anilines is 1. The number of carbonyl (C=O) groups excluding carboxylic acids is 2. The number of nitrogens with one attached hydrogen (secondary N) is 1. The van der Waals surface area contributed by atoms with E-state index in [9.17, 15) is 14.0 Å². The van der Waals surface area contributed by atoms with Crippen LogP contribution in [-0.4, -0.2) is 54.3 Å². The van der Waals surface area contributed by atoms with E-state index in [1.54, 1.807) is 29.2 Å². The van der Waals surface area contributed by atoms with Crippen molar-refractivity contribution in [1.29, 1.82) is 0 Å². The average Bonchev–Trinajstić information content (AvgIpc) is 2.64. The second kappa shape index (κ2) is 8.29. The van der Waals surface area contributed by atoms with Crippen LogP contribution in [0.25, 0.3) is 0 Å². The van der Waals surface area contributed by atoms with Gasteiger partial charge in [-0.05, 0) is 42.5 Å². The van der Waals surface area contributed by atoms with Gasteiger partial charge in [0.05, 0.1) is 6.54 Å². The summed E-state index contributed by atoms with van der Waals surface area (Å²) in [4.78, 5) is 28.3. The molecular weight excluding hydrogens is 357 g/mol. The molecule has 1 saturated heterocycles. The van der Waals surface area contributed by atoms with Crippen molar-refractivity contribution in [2.75, 3.05) is 38.0 Å². The molecule has 1 N–H and O–H groups in total. The van der Waals surface area contributed by atoms with Crippen molar-refractivity contribution in [1.82, 2.24) is 9.80 Å². The maximum atomic E-state index is 12.9. The molecular formula is C19H19ClFN3O2. The van der Waals surface area contributed by atoms with Crippen LogP contribution in [0.4, 0.5) is 10.1 Å². The fourth-order valence-corrected chi connectivity index (χ4v) is 3.04. The van der Waals surface area contributed by atoms with Crippen molar-refractivity contribution in [3.63, 3.8) is 0 Å². The van der Waals surface area contributed by atoms with Crippen LogP contribution in [0.1, 0.15) is 10.4 Å². The highest BCUT2D eigenvalue weighted by atomic mass is 35.5. The van der Waals surface area contributed by atoms with Crippen molar-refractivity contribution < 1.29 is 14.0 Å². The summed E-state index contributed by atoms with van der Waals surface area (Å²) in [6.45, 7) is 2.56. The predicted octanol–water partition coefficient (Wildman–Crippen LogP) is 2.88. The van der Waals surface area contributed by atoms with Crippen LogP contribution >= 0.6 is 11.6 Å². The summed E-state index contributed by atoms with van der Waals surface area (Å²) in [5.41, 5.74) is 1.13. The zero-order valence-electron chi connectivity index (χ0n) is 14.1. The summed E-state index contributed by atoms with van der Waals surface area (Å²) < 4.78 is 12.9. The lowest BCUT2D eigenvalue weighted by atomic mass is 10.2. The summed E-state index contributed by atoms with van der Waals surface area (Å²) >= 11 is 5.94. The fraction of sp³-hybridized carbons (Fsp3) is 0.263. The number of halogens is 2. The lowest BCUT2D eigenvalue weighted by molar-refractivity contribution is -0.117. The molecule has 5 nitrogen and oxygen atoms in total. The minimum atomic E-state index is -0.344. The molecule has 1 aliphatic rings. The number of nitrogens with zero attached hydrogens (tertiary/aromatic N) is 2. The topological polar surface area (TPSA) is 52.7 Å². The first kappa shape index (κ1) is 18.4. The van der Waals surface area contributed by atoms with Crippen LogP contribution in [0.2, 0.25) is 5.02 Å². The van der Waals surface area contributed by atoms with E-state index in [0.717, 1.165) is 0 Å². The molecule has 1 fully saturated rings. The van der Waals surface area contributed by atoms with Crippen LogP contribution in [0.5, 0.6) is 0 Å². The molecule has 0 saturated carbocycles. The van der Waals surface area contributed by atoms with Crippen molar-refractivity contribution in [3.8, 4) is 0 Å². The molecule has 1 aliphatic heterocycles.